The van der Waals surface area contributed by atoms with Crippen LogP contribution in [0.1, 0.15) is 12.5 Å². The molecule has 27 heavy (non-hydrogen) atoms. The van der Waals surface area contributed by atoms with Gasteiger partial charge in [-0.1, -0.05) is 12.1 Å². The summed E-state index contributed by atoms with van der Waals surface area (Å²) in [5, 5.41) is 0. The van der Waals surface area contributed by atoms with Gasteiger partial charge in [0.05, 0.1) is 19.8 Å². The van der Waals surface area contributed by atoms with Crippen molar-refractivity contribution in [3.63, 3.8) is 0 Å². The second-order valence-electron chi connectivity index (χ2n) is 6.82. The predicted octanol–water partition coefficient (Wildman–Crippen LogP) is 4.86. The number of hydrogen-bond acceptors (Lipinski definition) is 4. The number of fused-ring (bicyclic) bond motifs is 1. The van der Waals surface area contributed by atoms with E-state index < -0.39 is 0 Å². The lowest BCUT2D eigenvalue weighted by atomic mass is 9.98. The topological polar surface area (TPSA) is 34.6 Å². The van der Waals surface area contributed by atoms with Gasteiger partial charge >= 0.3 is 0 Å². The third-order valence-electron chi connectivity index (χ3n) is 4.97. The van der Waals surface area contributed by atoms with Crippen molar-refractivity contribution < 1.29 is 9.47 Å². The van der Waals surface area contributed by atoms with Crippen LogP contribution in [-0.4, -0.2) is 31.3 Å². The van der Waals surface area contributed by atoms with E-state index >= 15 is 0 Å². The Morgan fingerprint density at radius 1 is 1.04 bits per heavy atom. The van der Waals surface area contributed by atoms with Crippen LogP contribution >= 0.6 is 0 Å². The number of nitrogens with zero attached hydrogens (tertiary/aromatic N) is 2. The molecule has 4 nitrogen and oxygen atoms in total. The minimum atomic E-state index is 0.198. The van der Waals surface area contributed by atoms with Gasteiger partial charge in [-0.15, -0.1) is 0 Å². The molecule has 0 saturated carbocycles. The van der Waals surface area contributed by atoms with Crippen LogP contribution in [-0.2, 0) is 11.2 Å². The van der Waals surface area contributed by atoms with Crippen LogP contribution in [0.5, 0.6) is 5.75 Å². The van der Waals surface area contributed by atoms with Crippen molar-refractivity contribution in [2.75, 3.05) is 25.2 Å². The number of benzene rings is 2. The van der Waals surface area contributed by atoms with Gasteiger partial charge in [0.1, 0.15) is 5.75 Å². The van der Waals surface area contributed by atoms with Crippen LogP contribution in [0.2, 0.25) is 0 Å². The van der Waals surface area contributed by atoms with E-state index in [1.807, 2.05) is 36.7 Å². The normalized spacial score (nSPS) is 17.0. The Morgan fingerprint density at radius 2 is 1.89 bits per heavy atom. The number of ether oxygens (including phenoxy) is 2. The van der Waals surface area contributed by atoms with Gasteiger partial charge in [-0.25, -0.2) is 0 Å². The molecule has 4 heteroatoms. The lowest BCUT2D eigenvalue weighted by Crippen LogP contribution is -2.29. The van der Waals surface area contributed by atoms with Gasteiger partial charge in [0.25, 0.3) is 0 Å². The maximum Gasteiger partial charge on any atom is 0.120 e. The van der Waals surface area contributed by atoms with E-state index in [0.29, 0.717) is 6.61 Å². The summed E-state index contributed by atoms with van der Waals surface area (Å²) in [5.74, 6) is 0.860. The molecule has 0 saturated heterocycles. The largest absolute Gasteiger partial charge is 0.497 e. The standard InChI is InChI=1S/C23H24N2O2/c1-17-14-20-15-19(18-8-10-24-11-9-18)6-7-23(20)25(12-13-27-17)21-4-3-5-22(16-21)26-2/h3-11,15-17H,12-14H2,1-2H3. The maximum absolute atomic E-state index is 6.01. The van der Waals surface area contributed by atoms with E-state index in [9.17, 15) is 0 Å². The summed E-state index contributed by atoms with van der Waals surface area (Å²) in [4.78, 5) is 6.45. The summed E-state index contributed by atoms with van der Waals surface area (Å²) >= 11 is 0. The molecular formula is C23H24N2O2. The average Bonchev–Trinajstić information content (AvgIpc) is 2.71. The van der Waals surface area contributed by atoms with Crippen LogP contribution in [0.3, 0.4) is 0 Å². The zero-order valence-corrected chi connectivity index (χ0v) is 15.8. The van der Waals surface area contributed by atoms with Gasteiger partial charge < -0.3 is 14.4 Å². The first-order chi connectivity index (χ1) is 13.2. The molecule has 0 amide bonds. The molecule has 1 atom stereocenters. The van der Waals surface area contributed by atoms with Crippen molar-refractivity contribution in [1.29, 1.82) is 0 Å². The summed E-state index contributed by atoms with van der Waals surface area (Å²) in [6.07, 6.45) is 4.75. The summed E-state index contributed by atoms with van der Waals surface area (Å²) < 4.78 is 11.4. The Kier molecular flexibility index (Phi) is 5.07. The Morgan fingerprint density at radius 3 is 2.70 bits per heavy atom. The molecule has 0 radical (unpaired) electrons. The molecule has 0 N–H and O–H groups in total. The summed E-state index contributed by atoms with van der Waals surface area (Å²) in [6.45, 7) is 3.65. The lowest BCUT2D eigenvalue weighted by Gasteiger charge is -2.31. The van der Waals surface area contributed by atoms with E-state index in [-0.39, 0.29) is 6.10 Å². The van der Waals surface area contributed by atoms with Gasteiger partial charge in [-0.05, 0) is 60.0 Å². The number of anilines is 2. The Bertz CT molecular complexity index is 911. The Balaban J connectivity index is 1.78. The fourth-order valence-corrected chi connectivity index (χ4v) is 3.62. The van der Waals surface area contributed by atoms with E-state index in [4.69, 9.17) is 9.47 Å². The van der Waals surface area contributed by atoms with Gasteiger partial charge in [0.15, 0.2) is 0 Å². The van der Waals surface area contributed by atoms with Gasteiger partial charge in [-0.3, -0.25) is 4.98 Å². The fourth-order valence-electron chi connectivity index (χ4n) is 3.62. The fraction of sp³-hybridized carbons (Fsp3) is 0.261. The molecule has 1 unspecified atom stereocenters. The quantitative estimate of drug-likeness (QED) is 0.668. The minimum Gasteiger partial charge on any atom is -0.497 e. The highest BCUT2D eigenvalue weighted by Gasteiger charge is 2.20. The average molecular weight is 360 g/mol. The SMILES string of the molecule is COc1cccc(N2CCOC(C)Cc3cc(-c4ccncc4)ccc32)c1. The highest BCUT2D eigenvalue weighted by molar-refractivity contribution is 5.73. The molecule has 4 rings (SSSR count). The van der Waals surface area contributed by atoms with Crippen LogP contribution in [0.25, 0.3) is 11.1 Å². The van der Waals surface area contributed by atoms with Crippen LogP contribution < -0.4 is 9.64 Å². The molecule has 3 aromatic rings. The monoisotopic (exact) mass is 360 g/mol. The first kappa shape index (κ1) is 17.6. The molecular weight excluding hydrogens is 336 g/mol. The van der Waals surface area contributed by atoms with Gasteiger partial charge in [0, 0.05) is 42.8 Å². The Labute approximate surface area is 160 Å². The van der Waals surface area contributed by atoms with Crippen LogP contribution in [0.15, 0.2) is 67.0 Å². The third kappa shape index (κ3) is 3.81. The van der Waals surface area contributed by atoms with Gasteiger partial charge in [0.2, 0.25) is 0 Å². The molecule has 0 fully saturated rings. The zero-order chi connectivity index (χ0) is 18.6. The van der Waals surface area contributed by atoms with Crippen LogP contribution in [0, 0.1) is 0 Å². The molecule has 2 heterocycles. The van der Waals surface area contributed by atoms with Crippen molar-refractivity contribution in [1.82, 2.24) is 4.98 Å². The molecule has 0 aliphatic carbocycles. The number of pyridine rings is 1. The highest BCUT2D eigenvalue weighted by atomic mass is 16.5. The molecule has 1 aliphatic rings. The van der Waals surface area contributed by atoms with Gasteiger partial charge in [-0.2, -0.15) is 0 Å². The van der Waals surface area contributed by atoms with Crippen LogP contribution in [0.4, 0.5) is 11.4 Å². The zero-order valence-electron chi connectivity index (χ0n) is 15.8. The van der Waals surface area contributed by atoms with E-state index in [2.05, 4.69) is 47.1 Å². The highest BCUT2D eigenvalue weighted by Crippen LogP contribution is 2.35. The van der Waals surface area contributed by atoms with E-state index in [1.165, 1.54) is 22.4 Å². The minimum absolute atomic E-state index is 0.198. The van der Waals surface area contributed by atoms with E-state index in [0.717, 1.165) is 24.4 Å². The molecule has 0 spiro atoms. The molecule has 0 bridgehead atoms. The second kappa shape index (κ2) is 7.80. The first-order valence-corrected chi connectivity index (χ1v) is 9.31. The lowest BCUT2D eigenvalue weighted by molar-refractivity contribution is 0.0703. The number of methoxy groups -OCH3 is 1. The molecule has 138 valence electrons. The van der Waals surface area contributed by atoms with Crippen molar-refractivity contribution >= 4 is 11.4 Å². The first-order valence-electron chi connectivity index (χ1n) is 9.31. The molecule has 2 aromatic carbocycles. The summed E-state index contributed by atoms with van der Waals surface area (Å²) in [5.41, 5.74) is 6.02. The number of aromatic nitrogens is 1. The molecule has 1 aliphatic heterocycles. The van der Waals surface area contributed by atoms with E-state index in [1.54, 1.807) is 7.11 Å². The predicted molar refractivity (Wildman–Crippen MR) is 109 cm³/mol. The van der Waals surface area contributed by atoms with Crippen molar-refractivity contribution in [2.45, 2.75) is 19.4 Å². The number of hydrogen-bond donors (Lipinski definition) is 0. The van der Waals surface area contributed by atoms with Crippen molar-refractivity contribution in [2.24, 2.45) is 0 Å². The Hall–Kier alpha value is -2.85. The maximum atomic E-state index is 6.01. The number of rotatable bonds is 3. The molecule has 1 aromatic heterocycles. The summed E-state index contributed by atoms with van der Waals surface area (Å²) in [7, 11) is 1.70. The van der Waals surface area contributed by atoms with Crippen molar-refractivity contribution in [3.8, 4) is 16.9 Å². The van der Waals surface area contributed by atoms with Crippen molar-refractivity contribution in [3.05, 3.63) is 72.6 Å². The smallest absolute Gasteiger partial charge is 0.120 e. The second-order valence-corrected chi connectivity index (χ2v) is 6.82. The summed E-state index contributed by atoms with van der Waals surface area (Å²) in [6, 6.07) is 19.0. The third-order valence-corrected chi connectivity index (χ3v) is 4.97.